The maximum absolute atomic E-state index is 8.93. The average Bonchev–Trinajstić information content (AvgIpc) is 2.81. The van der Waals surface area contributed by atoms with Crippen molar-refractivity contribution in [2.45, 2.75) is 6.54 Å². The van der Waals surface area contributed by atoms with Gasteiger partial charge in [-0.1, -0.05) is 34.1 Å². The van der Waals surface area contributed by atoms with Crippen molar-refractivity contribution in [3.8, 4) is 6.07 Å². The minimum atomic E-state index is 0.704. The van der Waals surface area contributed by atoms with Crippen LogP contribution in [0.5, 0.6) is 0 Å². The zero-order valence-electron chi connectivity index (χ0n) is 10.2. The highest BCUT2D eigenvalue weighted by Crippen LogP contribution is 2.22. The van der Waals surface area contributed by atoms with E-state index in [1.165, 1.54) is 10.9 Å². The molecule has 1 heterocycles. The molecule has 19 heavy (non-hydrogen) atoms. The second kappa shape index (κ2) is 4.91. The van der Waals surface area contributed by atoms with Gasteiger partial charge in [0.25, 0.3) is 0 Å². The summed E-state index contributed by atoms with van der Waals surface area (Å²) in [4.78, 5) is 0. The van der Waals surface area contributed by atoms with Gasteiger partial charge in [-0.15, -0.1) is 0 Å². The molecule has 3 heteroatoms. The Morgan fingerprint density at radius 1 is 1.11 bits per heavy atom. The van der Waals surface area contributed by atoms with Gasteiger partial charge in [0, 0.05) is 22.7 Å². The molecule has 0 bridgehead atoms. The van der Waals surface area contributed by atoms with Crippen LogP contribution in [0.3, 0.4) is 0 Å². The number of rotatable bonds is 2. The number of nitriles is 1. The monoisotopic (exact) mass is 310 g/mol. The van der Waals surface area contributed by atoms with E-state index in [1.807, 2.05) is 30.3 Å². The molecule has 0 aliphatic carbocycles. The Kier molecular flexibility index (Phi) is 3.10. The van der Waals surface area contributed by atoms with Crippen molar-refractivity contribution in [1.82, 2.24) is 4.57 Å². The average molecular weight is 311 g/mol. The lowest BCUT2D eigenvalue weighted by molar-refractivity contribution is 0.836. The van der Waals surface area contributed by atoms with E-state index in [9.17, 15) is 0 Å². The van der Waals surface area contributed by atoms with Gasteiger partial charge in [-0.25, -0.2) is 0 Å². The topological polar surface area (TPSA) is 28.7 Å². The highest BCUT2D eigenvalue weighted by atomic mass is 79.9. The first-order valence-corrected chi connectivity index (χ1v) is 6.79. The predicted molar refractivity (Wildman–Crippen MR) is 79.9 cm³/mol. The molecule has 2 nitrogen and oxygen atoms in total. The van der Waals surface area contributed by atoms with E-state index >= 15 is 0 Å². The maximum Gasteiger partial charge on any atom is 0.0991 e. The van der Waals surface area contributed by atoms with Crippen LogP contribution in [0.15, 0.2) is 59.2 Å². The van der Waals surface area contributed by atoms with Crippen LogP contribution in [0.25, 0.3) is 10.9 Å². The lowest BCUT2D eigenvalue weighted by Gasteiger charge is -2.06. The zero-order valence-corrected chi connectivity index (χ0v) is 11.8. The second-order valence-electron chi connectivity index (χ2n) is 4.46. The second-order valence-corrected chi connectivity index (χ2v) is 5.37. The van der Waals surface area contributed by atoms with Crippen LogP contribution in [0, 0.1) is 11.3 Å². The molecule has 92 valence electrons. The SMILES string of the molecule is N#Cc1cccc(Cn2ccc3ccc(Br)cc32)c1. The van der Waals surface area contributed by atoms with Crippen LogP contribution in [0.1, 0.15) is 11.1 Å². The van der Waals surface area contributed by atoms with Crippen molar-refractivity contribution in [3.63, 3.8) is 0 Å². The number of halogens is 1. The van der Waals surface area contributed by atoms with Crippen molar-refractivity contribution < 1.29 is 0 Å². The van der Waals surface area contributed by atoms with Gasteiger partial charge in [-0.2, -0.15) is 5.26 Å². The minimum absolute atomic E-state index is 0.704. The number of benzene rings is 2. The van der Waals surface area contributed by atoms with Gasteiger partial charge in [0.15, 0.2) is 0 Å². The lowest BCUT2D eigenvalue weighted by atomic mass is 10.1. The molecule has 3 aromatic rings. The Bertz CT molecular complexity index is 781. The Labute approximate surface area is 120 Å². The fraction of sp³-hybridized carbons (Fsp3) is 0.0625. The summed E-state index contributed by atoms with van der Waals surface area (Å²) >= 11 is 3.50. The van der Waals surface area contributed by atoms with Crippen molar-refractivity contribution in [3.05, 3.63) is 70.3 Å². The van der Waals surface area contributed by atoms with Gasteiger partial charge in [-0.3, -0.25) is 0 Å². The quantitative estimate of drug-likeness (QED) is 0.693. The normalized spacial score (nSPS) is 10.5. The van der Waals surface area contributed by atoms with Gasteiger partial charge in [0.1, 0.15) is 0 Å². The fourth-order valence-electron chi connectivity index (χ4n) is 2.23. The summed E-state index contributed by atoms with van der Waals surface area (Å²) < 4.78 is 3.27. The van der Waals surface area contributed by atoms with Crippen molar-refractivity contribution in [2.75, 3.05) is 0 Å². The van der Waals surface area contributed by atoms with Crippen LogP contribution in [0.2, 0.25) is 0 Å². The Hall–Kier alpha value is -2.05. The summed E-state index contributed by atoms with van der Waals surface area (Å²) in [6.45, 7) is 0.773. The maximum atomic E-state index is 8.93. The van der Waals surface area contributed by atoms with E-state index in [4.69, 9.17) is 5.26 Å². The van der Waals surface area contributed by atoms with Crippen LogP contribution >= 0.6 is 15.9 Å². The van der Waals surface area contributed by atoms with Gasteiger partial charge < -0.3 is 4.57 Å². The molecule has 0 radical (unpaired) electrons. The van der Waals surface area contributed by atoms with Crippen LogP contribution in [-0.4, -0.2) is 4.57 Å². The number of fused-ring (bicyclic) bond motifs is 1. The molecule has 0 amide bonds. The Balaban J connectivity index is 2.01. The summed E-state index contributed by atoms with van der Waals surface area (Å²) in [5, 5.41) is 10.2. The first-order chi connectivity index (χ1) is 9.26. The molecule has 0 spiro atoms. The standard InChI is InChI=1S/C16H11BrN2/c17-15-5-4-14-6-7-19(16(14)9-15)11-13-3-1-2-12(8-13)10-18/h1-9H,11H2. The lowest BCUT2D eigenvalue weighted by Crippen LogP contribution is -1.98. The third kappa shape index (κ3) is 2.40. The van der Waals surface area contributed by atoms with Crippen LogP contribution in [-0.2, 0) is 6.54 Å². The summed E-state index contributed by atoms with van der Waals surface area (Å²) in [5.74, 6) is 0. The van der Waals surface area contributed by atoms with Crippen molar-refractivity contribution in [1.29, 1.82) is 5.26 Å². The molecule has 3 rings (SSSR count). The van der Waals surface area contributed by atoms with Crippen LogP contribution < -0.4 is 0 Å². The van der Waals surface area contributed by atoms with Gasteiger partial charge in [0.2, 0.25) is 0 Å². The summed E-state index contributed by atoms with van der Waals surface area (Å²) in [6, 6.07) is 18.3. The fourth-order valence-corrected chi connectivity index (χ4v) is 2.58. The molecular formula is C16H11BrN2. The first kappa shape index (κ1) is 12.0. The number of aromatic nitrogens is 1. The smallest absolute Gasteiger partial charge is 0.0991 e. The minimum Gasteiger partial charge on any atom is -0.343 e. The molecule has 0 saturated carbocycles. The zero-order chi connectivity index (χ0) is 13.2. The van der Waals surface area contributed by atoms with Crippen LogP contribution in [0.4, 0.5) is 0 Å². The molecule has 2 aromatic carbocycles. The molecule has 0 unspecified atom stereocenters. The van der Waals surface area contributed by atoms with E-state index in [2.05, 4.69) is 51.0 Å². The predicted octanol–water partition coefficient (Wildman–Crippen LogP) is 4.32. The molecule has 0 fully saturated rings. The highest BCUT2D eigenvalue weighted by Gasteiger charge is 2.03. The van der Waals surface area contributed by atoms with E-state index < -0.39 is 0 Å². The largest absolute Gasteiger partial charge is 0.343 e. The van der Waals surface area contributed by atoms with E-state index in [0.29, 0.717) is 5.56 Å². The number of hydrogen-bond acceptors (Lipinski definition) is 1. The summed E-state index contributed by atoms with van der Waals surface area (Å²) in [5.41, 5.74) is 3.03. The molecule has 0 N–H and O–H groups in total. The van der Waals surface area contributed by atoms with Gasteiger partial charge >= 0.3 is 0 Å². The first-order valence-electron chi connectivity index (χ1n) is 6.00. The van der Waals surface area contributed by atoms with E-state index in [1.54, 1.807) is 0 Å². The van der Waals surface area contributed by atoms with E-state index in [0.717, 1.165) is 16.6 Å². The van der Waals surface area contributed by atoms with Crippen molar-refractivity contribution >= 4 is 26.8 Å². The Morgan fingerprint density at radius 2 is 2.00 bits per heavy atom. The molecule has 0 saturated heterocycles. The number of nitrogens with zero attached hydrogens (tertiary/aromatic N) is 2. The third-order valence-corrected chi connectivity index (χ3v) is 3.64. The highest BCUT2D eigenvalue weighted by molar-refractivity contribution is 9.10. The molecule has 0 atom stereocenters. The molecule has 1 aromatic heterocycles. The number of hydrogen-bond donors (Lipinski definition) is 0. The van der Waals surface area contributed by atoms with E-state index in [-0.39, 0.29) is 0 Å². The summed E-state index contributed by atoms with van der Waals surface area (Å²) in [7, 11) is 0. The third-order valence-electron chi connectivity index (χ3n) is 3.14. The van der Waals surface area contributed by atoms with Gasteiger partial charge in [0.05, 0.1) is 11.6 Å². The molecule has 0 aliphatic heterocycles. The molecular weight excluding hydrogens is 300 g/mol. The molecule has 0 aliphatic rings. The summed E-state index contributed by atoms with van der Waals surface area (Å²) in [6.07, 6.45) is 2.08. The van der Waals surface area contributed by atoms with Crippen molar-refractivity contribution in [2.24, 2.45) is 0 Å². The Morgan fingerprint density at radius 3 is 2.84 bits per heavy atom. The van der Waals surface area contributed by atoms with Gasteiger partial charge in [-0.05, 0) is 41.3 Å².